The molecule has 0 saturated carbocycles. The number of hydrogen-bond donors (Lipinski definition) is 3. The Bertz CT molecular complexity index is 389. The Morgan fingerprint density at radius 1 is 1.56 bits per heavy atom. The van der Waals surface area contributed by atoms with Gasteiger partial charge in [0.25, 0.3) is 0 Å². The molecule has 1 atom stereocenters. The van der Waals surface area contributed by atoms with Gasteiger partial charge in [0.05, 0.1) is 0 Å². The average molecular weight is 242 g/mol. The van der Waals surface area contributed by atoms with E-state index in [-0.39, 0.29) is 18.4 Å². The van der Waals surface area contributed by atoms with Gasteiger partial charge in [-0.3, -0.25) is 4.79 Å². The summed E-state index contributed by atoms with van der Waals surface area (Å²) in [6, 6.07) is 3.33. The van der Waals surface area contributed by atoms with Gasteiger partial charge in [-0.15, -0.1) is 11.3 Å². The van der Waals surface area contributed by atoms with Crippen molar-refractivity contribution in [2.24, 2.45) is 5.73 Å². The summed E-state index contributed by atoms with van der Waals surface area (Å²) in [6.07, 6.45) is 0.275. The normalized spacial score (nSPS) is 12.3. The second-order valence-electron chi connectivity index (χ2n) is 3.52. The van der Waals surface area contributed by atoms with Crippen molar-refractivity contribution in [1.29, 1.82) is 0 Å². The van der Waals surface area contributed by atoms with Gasteiger partial charge in [-0.25, -0.2) is 4.79 Å². The van der Waals surface area contributed by atoms with E-state index in [1.807, 2.05) is 6.92 Å². The molecule has 0 saturated heterocycles. The van der Waals surface area contributed by atoms with Gasteiger partial charge in [0.1, 0.15) is 4.88 Å². The second-order valence-corrected chi connectivity index (χ2v) is 4.69. The minimum Gasteiger partial charge on any atom is -0.477 e. The van der Waals surface area contributed by atoms with Gasteiger partial charge in [0.2, 0.25) is 5.91 Å². The summed E-state index contributed by atoms with van der Waals surface area (Å²) in [7, 11) is 0. The fourth-order valence-electron chi connectivity index (χ4n) is 1.24. The van der Waals surface area contributed by atoms with Crippen molar-refractivity contribution in [1.82, 2.24) is 5.32 Å². The fraction of sp³-hybridized carbons (Fsp3) is 0.400. The molecule has 1 aromatic rings. The Labute approximate surface area is 97.3 Å². The van der Waals surface area contributed by atoms with E-state index in [1.165, 1.54) is 11.3 Å². The molecule has 0 aliphatic carbocycles. The van der Waals surface area contributed by atoms with Gasteiger partial charge in [-0.2, -0.15) is 0 Å². The highest BCUT2D eigenvalue weighted by Crippen LogP contribution is 2.16. The molecule has 1 heterocycles. The maximum Gasteiger partial charge on any atom is 0.345 e. The SMILES string of the molecule is CC(CC(N)=O)NCc1ccc(C(=O)O)s1. The molecule has 1 amide bonds. The summed E-state index contributed by atoms with van der Waals surface area (Å²) < 4.78 is 0. The zero-order valence-corrected chi connectivity index (χ0v) is 9.71. The van der Waals surface area contributed by atoms with Crippen molar-refractivity contribution in [3.8, 4) is 0 Å². The first-order chi connectivity index (χ1) is 7.49. The number of nitrogens with two attached hydrogens (primary N) is 1. The summed E-state index contributed by atoms with van der Waals surface area (Å²) in [4.78, 5) is 22.5. The molecule has 0 fully saturated rings. The third-order valence-corrected chi connectivity index (χ3v) is 3.08. The van der Waals surface area contributed by atoms with Crippen molar-refractivity contribution >= 4 is 23.2 Å². The van der Waals surface area contributed by atoms with Crippen molar-refractivity contribution in [2.45, 2.75) is 25.9 Å². The van der Waals surface area contributed by atoms with Crippen LogP contribution in [0.4, 0.5) is 0 Å². The average Bonchev–Trinajstić information content (AvgIpc) is 2.61. The highest BCUT2D eigenvalue weighted by atomic mass is 32.1. The van der Waals surface area contributed by atoms with Crippen LogP contribution in [0.15, 0.2) is 12.1 Å². The number of amides is 1. The molecule has 4 N–H and O–H groups in total. The van der Waals surface area contributed by atoms with E-state index in [2.05, 4.69) is 5.32 Å². The van der Waals surface area contributed by atoms with Gasteiger partial charge < -0.3 is 16.2 Å². The van der Waals surface area contributed by atoms with Crippen molar-refractivity contribution in [3.05, 3.63) is 21.9 Å². The van der Waals surface area contributed by atoms with E-state index in [4.69, 9.17) is 10.8 Å². The molecule has 88 valence electrons. The Kier molecular flexibility index (Phi) is 4.45. The third kappa shape index (κ3) is 4.00. The quantitative estimate of drug-likeness (QED) is 0.688. The number of rotatable bonds is 6. The lowest BCUT2D eigenvalue weighted by molar-refractivity contribution is -0.118. The third-order valence-electron chi connectivity index (χ3n) is 2.00. The number of aromatic carboxylic acids is 1. The van der Waals surface area contributed by atoms with Crippen molar-refractivity contribution < 1.29 is 14.7 Å². The molecule has 0 bridgehead atoms. The molecule has 16 heavy (non-hydrogen) atoms. The monoisotopic (exact) mass is 242 g/mol. The summed E-state index contributed by atoms with van der Waals surface area (Å²) in [5.41, 5.74) is 5.05. The number of carboxylic acids is 1. The van der Waals surface area contributed by atoms with Gasteiger partial charge in [0, 0.05) is 23.9 Å². The lowest BCUT2D eigenvalue weighted by atomic mass is 10.2. The maximum absolute atomic E-state index is 10.6. The molecular formula is C10H14N2O3S. The molecule has 1 rings (SSSR count). The summed E-state index contributed by atoms with van der Waals surface area (Å²) in [5, 5.41) is 11.8. The number of carbonyl (C=O) groups is 2. The predicted octanol–water partition coefficient (Wildman–Crippen LogP) is 0.800. The largest absolute Gasteiger partial charge is 0.477 e. The van der Waals surface area contributed by atoms with Gasteiger partial charge in [-0.1, -0.05) is 0 Å². The number of carbonyl (C=O) groups excluding carboxylic acids is 1. The van der Waals surface area contributed by atoms with Crippen LogP contribution in [0.2, 0.25) is 0 Å². The first-order valence-electron chi connectivity index (χ1n) is 4.82. The predicted molar refractivity (Wildman–Crippen MR) is 61.4 cm³/mol. The molecule has 1 aromatic heterocycles. The van der Waals surface area contributed by atoms with E-state index < -0.39 is 5.97 Å². The van der Waals surface area contributed by atoms with E-state index in [9.17, 15) is 9.59 Å². The van der Waals surface area contributed by atoms with E-state index in [0.29, 0.717) is 11.4 Å². The topological polar surface area (TPSA) is 92.4 Å². The summed E-state index contributed by atoms with van der Waals surface area (Å²) in [5.74, 6) is -1.26. The van der Waals surface area contributed by atoms with Crippen molar-refractivity contribution in [3.63, 3.8) is 0 Å². The maximum atomic E-state index is 10.6. The number of nitrogens with one attached hydrogen (secondary N) is 1. The first kappa shape index (κ1) is 12.7. The van der Waals surface area contributed by atoms with E-state index >= 15 is 0 Å². The van der Waals surface area contributed by atoms with Crippen LogP contribution in [0, 0.1) is 0 Å². The van der Waals surface area contributed by atoms with Crippen LogP contribution in [0.5, 0.6) is 0 Å². The highest BCUT2D eigenvalue weighted by molar-refractivity contribution is 7.13. The van der Waals surface area contributed by atoms with Crippen LogP contribution >= 0.6 is 11.3 Å². The summed E-state index contributed by atoms with van der Waals surface area (Å²) in [6.45, 7) is 2.41. The van der Waals surface area contributed by atoms with E-state index in [0.717, 1.165) is 4.88 Å². The number of thiophene rings is 1. The molecule has 0 aliphatic rings. The molecule has 0 radical (unpaired) electrons. The van der Waals surface area contributed by atoms with Crippen LogP contribution in [0.3, 0.4) is 0 Å². The molecule has 1 unspecified atom stereocenters. The Hall–Kier alpha value is -1.40. The zero-order valence-electron chi connectivity index (χ0n) is 8.90. The van der Waals surface area contributed by atoms with Crippen molar-refractivity contribution in [2.75, 3.05) is 0 Å². The van der Waals surface area contributed by atoms with Gasteiger partial charge >= 0.3 is 5.97 Å². The van der Waals surface area contributed by atoms with E-state index in [1.54, 1.807) is 12.1 Å². The number of primary amides is 1. The summed E-state index contributed by atoms with van der Waals surface area (Å²) >= 11 is 1.22. The molecule has 5 nitrogen and oxygen atoms in total. The number of carboxylic acid groups (broad SMARTS) is 1. The molecule has 0 aliphatic heterocycles. The van der Waals surface area contributed by atoms with Crippen LogP contribution in [0.25, 0.3) is 0 Å². The minimum atomic E-state index is -0.915. The molecule has 0 aromatic carbocycles. The molecule has 6 heteroatoms. The first-order valence-corrected chi connectivity index (χ1v) is 5.64. The second kappa shape index (κ2) is 5.62. The van der Waals surface area contributed by atoms with Crippen LogP contribution in [-0.4, -0.2) is 23.0 Å². The van der Waals surface area contributed by atoms with Gasteiger partial charge in [-0.05, 0) is 19.1 Å². The lowest BCUT2D eigenvalue weighted by Gasteiger charge is -2.10. The Balaban J connectivity index is 2.42. The Morgan fingerprint density at radius 2 is 2.25 bits per heavy atom. The molecule has 0 spiro atoms. The molecular weight excluding hydrogens is 228 g/mol. The zero-order chi connectivity index (χ0) is 12.1. The Morgan fingerprint density at radius 3 is 2.75 bits per heavy atom. The lowest BCUT2D eigenvalue weighted by Crippen LogP contribution is -2.30. The smallest absolute Gasteiger partial charge is 0.345 e. The van der Waals surface area contributed by atoms with Gasteiger partial charge in [0.15, 0.2) is 0 Å². The van der Waals surface area contributed by atoms with Crippen LogP contribution < -0.4 is 11.1 Å². The fourth-order valence-corrected chi connectivity index (χ4v) is 2.03. The standard InChI is InChI=1S/C10H14N2O3S/c1-6(4-9(11)13)12-5-7-2-3-8(16-7)10(14)15/h2-3,6,12H,4-5H2,1H3,(H2,11,13)(H,14,15). The minimum absolute atomic E-state index is 0.00659. The highest BCUT2D eigenvalue weighted by Gasteiger charge is 2.09. The van der Waals surface area contributed by atoms with Crippen LogP contribution in [-0.2, 0) is 11.3 Å². The van der Waals surface area contributed by atoms with Crippen LogP contribution in [0.1, 0.15) is 27.9 Å². The number of hydrogen-bond acceptors (Lipinski definition) is 4.